The number of para-hydroxylation sites is 1. The largest absolute Gasteiger partial charge is 0.455 e. The molecule has 1 amide bonds. The highest BCUT2D eigenvalue weighted by molar-refractivity contribution is 6.53. The third-order valence-corrected chi connectivity index (χ3v) is 6.19. The fourth-order valence-corrected chi connectivity index (χ4v) is 3.77. The van der Waals surface area contributed by atoms with Crippen LogP contribution in [0.3, 0.4) is 0 Å². The van der Waals surface area contributed by atoms with E-state index in [4.69, 9.17) is 27.9 Å². The van der Waals surface area contributed by atoms with E-state index < -0.39 is 28.2 Å². The maximum atomic E-state index is 12.5. The van der Waals surface area contributed by atoms with Gasteiger partial charge in [0.1, 0.15) is 15.6 Å². The van der Waals surface area contributed by atoms with Crippen LogP contribution in [0.25, 0.3) is 16.9 Å². The van der Waals surface area contributed by atoms with Crippen LogP contribution in [0.4, 0.5) is 5.82 Å². The van der Waals surface area contributed by atoms with Crippen molar-refractivity contribution in [1.82, 2.24) is 9.78 Å². The number of amides is 1. The Hall–Kier alpha value is -2.83. The molecule has 1 atom stereocenters. The Labute approximate surface area is 183 Å². The molecule has 6 nitrogen and oxygen atoms in total. The minimum atomic E-state index is -1.14. The van der Waals surface area contributed by atoms with Gasteiger partial charge in [0.25, 0.3) is 5.91 Å². The quantitative estimate of drug-likeness (QED) is 0.446. The maximum Gasteiger partial charge on any atom is 0.315 e. The summed E-state index contributed by atoms with van der Waals surface area (Å²) >= 11 is 12.0. The first-order valence-electron chi connectivity index (χ1n) is 9.36. The predicted octanol–water partition coefficient (Wildman–Crippen LogP) is 4.60. The summed E-state index contributed by atoms with van der Waals surface area (Å²) in [7, 11) is 0. The Bertz CT molecular complexity index is 1080. The Morgan fingerprint density at radius 2 is 1.70 bits per heavy atom. The predicted molar refractivity (Wildman–Crippen MR) is 116 cm³/mol. The molecule has 30 heavy (non-hydrogen) atoms. The van der Waals surface area contributed by atoms with E-state index in [1.165, 1.54) is 0 Å². The smallest absolute Gasteiger partial charge is 0.315 e. The molecule has 0 unspecified atom stereocenters. The van der Waals surface area contributed by atoms with Crippen LogP contribution >= 0.6 is 23.2 Å². The number of carbonyl (C=O) groups is 2. The molecule has 4 rings (SSSR count). The van der Waals surface area contributed by atoms with E-state index in [2.05, 4.69) is 10.4 Å². The lowest BCUT2D eigenvalue weighted by Gasteiger charge is -2.12. The lowest BCUT2D eigenvalue weighted by molar-refractivity contribution is -0.152. The monoisotopic (exact) mass is 443 g/mol. The van der Waals surface area contributed by atoms with Crippen molar-refractivity contribution in [3.63, 3.8) is 0 Å². The van der Waals surface area contributed by atoms with Gasteiger partial charge in [0.15, 0.2) is 6.61 Å². The lowest BCUT2D eigenvalue weighted by atomic mass is 10.1. The summed E-state index contributed by atoms with van der Waals surface area (Å²) in [4.78, 5) is 24.6. The van der Waals surface area contributed by atoms with Gasteiger partial charge in [-0.2, -0.15) is 5.10 Å². The summed E-state index contributed by atoms with van der Waals surface area (Å²) in [5.74, 6) is -0.619. The van der Waals surface area contributed by atoms with Crippen LogP contribution in [0.5, 0.6) is 0 Å². The van der Waals surface area contributed by atoms with E-state index in [1.54, 1.807) is 17.7 Å². The molecule has 1 aliphatic rings. The Morgan fingerprint density at radius 3 is 2.30 bits per heavy atom. The minimum Gasteiger partial charge on any atom is -0.455 e. The SMILES string of the molecule is C[C@@]1(C(=O)OCC(=O)Nc2cc(-c3ccccc3)nn2-c2ccccc2)CC1(Cl)Cl. The number of anilines is 1. The van der Waals surface area contributed by atoms with Crippen molar-refractivity contribution < 1.29 is 14.3 Å². The van der Waals surface area contributed by atoms with Crippen LogP contribution in [0, 0.1) is 5.41 Å². The zero-order chi connectivity index (χ0) is 21.4. The summed E-state index contributed by atoms with van der Waals surface area (Å²) in [5.41, 5.74) is 1.41. The first-order chi connectivity index (χ1) is 14.3. The summed E-state index contributed by atoms with van der Waals surface area (Å²) < 4.78 is 5.62. The van der Waals surface area contributed by atoms with Crippen LogP contribution < -0.4 is 5.32 Å². The van der Waals surface area contributed by atoms with Gasteiger partial charge in [-0.25, -0.2) is 4.68 Å². The average molecular weight is 444 g/mol. The van der Waals surface area contributed by atoms with E-state index in [-0.39, 0.29) is 0 Å². The highest BCUT2D eigenvalue weighted by Crippen LogP contribution is 2.64. The molecule has 3 aromatic rings. The van der Waals surface area contributed by atoms with Crippen molar-refractivity contribution in [3.05, 3.63) is 66.7 Å². The van der Waals surface area contributed by atoms with Crippen LogP contribution in [-0.4, -0.2) is 32.6 Å². The van der Waals surface area contributed by atoms with Gasteiger partial charge in [0.2, 0.25) is 0 Å². The van der Waals surface area contributed by atoms with Crippen LogP contribution in [0.15, 0.2) is 66.7 Å². The third-order valence-electron chi connectivity index (χ3n) is 5.09. The van der Waals surface area contributed by atoms with Crippen LogP contribution in [-0.2, 0) is 14.3 Å². The fourth-order valence-electron chi connectivity index (χ4n) is 3.08. The number of nitrogens with one attached hydrogen (secondary N) is 1. The average Bonchev–Trinajstić information content (AvgIpc) is 3.07. The van der Waals surface area contributed by atoms with Crippen molar-refractivity contribution in [3.8, 4) is 16.9 Å². The van der Waals surface area contributed by atoms with Crippen molar-refractivity contribution in [2.75, 3.05) is 11.9 Å². The summed E-state index contributed by atoms with van der Waals surface area (Å²) in [6.07, 6.45) is 0.296. The number of esters is 1. The van der Waals surface area contributed by atoms with E-state index in [1.807, 2.05) is 60.7 Å². The molecular formula is C22H19Cl2N3O3. The van der Waals surface area contributed by atoms with E-state index >= 15 is 0 Å². The first-order valence-corrected chi connectivity index (χ1v) is 10.1. The van der Waals surface area contributed by atoms with Crippen molar-refractivity contribution in [1.29, 1.82) is 0 Å². The Morgan fingerprint density at radius 1 is 1.10 bits per heavy atom. The molecule has 1 heterocycles. The van der Waals surface area contributed by atoms with Gasteiger partial charge < -0.3 is 10.1 Å². The number of rotatable bonds is 6. The molecule has 2 aromatic carbocycles. The fraction of sp³-hybridized carbons (Fsp3) is 0.227. The molecule has 1 saturated carbocycles. The second kappa shape index (κ2) is 7.78. The highest BCUT2D eigenvalue weighted by Gasteiger charge is 2.69. The van der Waals surface area contributed by atoms with Gasteiger partial charge in [-0.15, -0.1) is 23.2 Å². The molecule has 0 spiro atoms. The highest BCUT2D eigenvalue weighted by atomic mass is 35.5. The van der Waals surface area contributed by atoms with Crippen LogP contribution in [0.2, 0.25) is 0 Å². The zero-order valence-corrected chi connectivity index (χ0v) is 17.7. The molecule has 1 N–H and O–H groups in total. The van der Waals surface area contributed by atoms with Gasteiger partial charge in [0, 0.05) is 18.1 Å². The lowest BCUT2D eigenvalue weighted by Crippen LogP contribution is -2.27. The van der Waals surface area contributed by atoms with E-state index in [0.29, 0.717) is 17.9 Å². The van der Waals surface area contributed by atoms with E-state index in [9.17, 15) is 9.59 Å². The second-order valence-corrected chi connectivity index (χ2v) is 8.85. The molecule has 0 bridgehead atoms. The molecule has 0 radical (unpaired) electrons. The molecular weight excluding hydrogens is 425 g/mol. The molecule has 0 saturated heterocycles. The number of hydrogen-bond acceptors (Lipinski definition) is 4. The van der Waals surface area contributed by atoms with Gasteiger partial charge in [-0.05, 0) is 19.1 Å². The van der Waals surface area contributed by atoms with E-state index in [0.717, 1.165) is 11.3 Å². The first kappa shape index (κ1) is 20.4. The zero-order valence-electron chi connectivity index (χ0n) is 16.1. The molecule has 1 fully saturated rings. The van der Waals surface area contributed by atoms with Crippen molar-refractivity contribution >= 4 is 40.9 Å². The third kappa shape index (κ3) is 3.93. The van der Waals surface area contributed by atoms with Gasteiger partial charge in [-0.1, -0.05) is 48.5 Å². The molecule has 1 aliphatic carbocycles. The number of nitrogens with zero attached hydrogens (tertiary/aromatic N) is 2. The van der Waals surface area contributed by atoms with Gasteiger partial charge in [0.05, 0.1) is 11.4 Å². The number of benzene rings is 2. The van der Waals surface area contributed by atoms with Crippen molar-refractivity contribution in [2.24, 2.45) is 5.41 Å². The number of aromatic nitrogens is 2. The standard InChI is InChI=1S/C22H19Cl2N3O3/c1-21(14-22(21,23)24)20(29)30-13-19(28)25-18-12-17(15-8-4-2-5-9-15)26-27(18)16-10-6-3-7-11-16/h2-12H,13-14H2,1H3,(H,25,28)/t21-/m0/s1. The van der Waals surface area contributed by atoms with Gasteiger partial charge >= 0.3 is 5.97 Å². The second-order valence-electron chi connectivity index (χ2n) is 7.37. The molecule has 0 aliphatic heterocycles. The number of alkyl halides is 2. The normalized spacial score (nSPS) is 19.2. The maximum absolute atomic E-state index is 12.5. The number of carbonyl (C=O) groups excluding carboxylic acids is 2. The van der Waals surface area contributed by atoms with Crippen molar-refractivity contribution in [2.45, 2.75) is 17.7 Å². The topological polar surface area (TPSA) is 73.2 Å². The number of halogens is 2. The minimum absolute atomic E-state index is 0.296. The summed E-state index contributed by atoms with van der Waals surface area (Å²) in [6, 6.07) is 20.8. The van der Waals surface area contributed by atoms with Crippen LogP contribution in [0.1, 0.15) is 13.3 Å². The Kier molecular flexibility index (Phi) is 5.30. The molecule has 8 heteroatoms. The molecule has 1 aromatic heterocycles. The number of hydrogen-bond donors (Lipinski definition) is 1. The Balaban J connectivity index is 1.52. The summed E-state index contributed by atoms with van der Waals surface area (Å²) in [6.45, 7) is 1.17. The summed E-state index contributed by atoms with van der Waals surface area (Å²) in [5, 5.41) is 7.39. The number of ether oxygens (including phenoxy) is 1. The van der Waals surface area contributed by atoms with Gasteiger partial charge in [-0.3, -0.25) is 9.59 Å². The molecule has 154 valence electrons.